The van der Waals surface area contributed by atoms with Crippen LogP contribution in [0.1, 0.15) is 48.9 Å². The van der Waals surface area contributed by atoms with Gasteiger partial charge in [-0.05, 0) is 56.2 Å². The van der Waals surface area contributed by atoms with Gasteiger partial charge < -0.3 is 0 Å². The maximum Gasteiger partial charge on any atom is 0.271 e. The van der Waals surface area contributed by atoms with E-state index in [1.165, 1.54) is 10.4 Å². The number of hydrogen-bond acceptors (Lipinski definition) is 4. The number of hydrogen-bond donors (Lipinski definition) is 1. The topological polar surface area (TPSA) is 78.8 Å². The number of carbonyl (C=O) groups is 1. The van der Waals surface area contributed by atoms with Crippen LogP contribution in [0, 0.1) is 5.92 Å². The second kappa shape index (κ2) is 8.60. The molecule has 0 unspecified atom stereocenters. The zero-order valence-corrected chi connectivity index (χ0v) is 15.6. The molecule has 1 fully saturated rings. The summed E-state index contributed by atoms with van der Waals surface area (Å²) in [7, 11) is -3.55. The first-order chi connectivity index (χ1) is 12.6. The molecule has 1 atom stereocenters. The highest BCUT2D eigenvalue weighted by Gasteiger charge is 2.26. The molecule has 2 aliphatic rings. The molecule has 6 nitrogen and oxygen atoms in total. The number of carbonyl (C=O) groups excluding carboxylic acids is 1. The second-order valence-electron chi connectivity index (χ2n) is 6.76. The third-order valence-corrected chi connectivity index (χ3v) is 6.70. The van der Waals surface area contributed by atoms with E-state index in [0.29, 0.717) is 24.6 Å². The quantitative estimate of drug-likeness (QED) is 0.488. The van der Waals surface area contributed by atoms with Gasteiger partial charge in [-0.2, -0.15) is 9.41 Å². The van der Waals surface area contributed by atoms with E-state index in [1.54, 1.807) is 24.4 Å². The molecule has 140 valence electrons. The molecular formula is C19H25N3O3S. The van der Waals surface area contributed by atoms with Crippen molar-refractivity contribution in [1.29, 1.82) is 0 Å². The lowest BCUT2D eigenvalue weighted by Gasteiger charge is -2.25. The Morgan fingerprint density at radius 3 is 2.73 bits per heavy atom. The maximum atomic E-state index is 12.7. The summed E-state index contributed by atoms with van der Waals surface area (Å²) in [6.07, 6.45) is 11.8. The van der Waals surface area contributed by atoms with E-state index >= 15 is 0 Å². The predicted molar refractivity (Wildman–Crippen MR) is 101 cm³/mol. The number of amides is 1. The van der Waals surface area contributed by atoms with Gasteiger partial charge in [0.25, 0.3) is 5.91 Å². The van der Waals surface area contributed by atoms with Crippen LogP contribution in [0.3, 0.4) is 0 Å². The minimum absolute atomic E-state index is 0.161. The van der Waals surface area contributed by atoms with Crippen molar-refractivity contribution < 1.29 is 13.2 Å². The molecule has 3 rings (SSSR count). The first-order valence-electron chi connectivity index (χ1n) is 9.16. The van der Waals surface area contributed by atoms with Gasteiger partial charge in [-0.25, -0.2) is 13.8 Å². The van der Waals surface area contributed by atoms with Crippen molar-refractivity contribution in [2.75, 3.05) is 13.1 Å². The van der Waals surface area contributed by atoms with E-state index in [1.807, 2.05) is 0 Å². The van der Waals surface area contributed by atoms with Gasteiger partial charge in [0.05, 0.1) is 4.90 Å². The highest BCUT2D eigenvalue weighted by Crippen LogP contribution is 2.21. The third kappa shape index (κ3) is 4.59. The Hall–Kier alpha value is -1.99. The highest BCUT2D eigenvalue weighted by atomic mass is 32.2. The molecule has 1 saturated heterocycles. The minimum atomic E-state index is -3.55. The number of nitrogens with one attached hydrogen (secondary N) is 1. The molecule has 1 aliphatic carbocycles. The number of benzene rings is 1. The summed E-state index contributed by atoms with van der Waals surface area (Å²) < 4.78 is 27.0. The van der Waals surface area contributed by atoms with E-state index in [0.717, 1.165) is 38.5 Å². The van der Waals surface area contributed by atoms with Crippen molar-refractivity contribution in [1.82, 2.24) is 9.73 Å². The van der Waals surface area contributed by atoms with E-state index in [-0.39, 0.29) is 4.90 Å². The summed E-state index contributed by atoms with van der Waals surface area (Å²) >= 11 is 0. The average Bonchev–Trinajstić information content (AvgIpc) is 2.69. The molecule has 1 aromatic carbocycles. The molecule has 7 heteroatoms. The zero-order chi connectivity index (χ0) is 18.4. The van der Waals surface area contributed by atoms with E-state index < -0.39 is 15.9 Å². The lowest BCUT2D eigenvalue weighted by molar-refractivity contribution is 0.0954. The fraction of sp³-hybridized carbons (Fsp3) is 0.474. The molecule has 0 aromatic heterocycles. The van der Waals surface area contributed by atoms with Gasteiger partial charge in [-0.15, -0.1) is 0 Å². The Labute approximate surface area is 155 Å². The van der Waals surface area contributed by atoms with E-state index in [2.05, 4.69) is 22.7 Å². The summed E-state index contributed by atoms with van der Waals surface area (Å²) in [5.74, 6) is -0.0607. The molecule has 1 aromatic rings. The van der Waals surface area contributed by atoms with Gasteiger partial charge in [-0.3, -0.25) is 4.79 Å². The van der Waals surface area contributed by atoms with Crippen LogP contribution in [0.15, 0.2) is 46.4 Å². The number of rotatable bonds is 5. The van der Waals surface area contributed by atoms with E-state index in [4.69, 9.17) is 0 Å². The van der Waals surface area contributed by atoms with Crippen LogP contribution >= 0.6 is 0 Å². The SMILES string of the molecule is O=C(N/N=C\[C@H]1CC=CCC1)c1cccc(S(=O)(=O)N2CCCCC2)c1. The summed E-state index contributed by atoms with van der Waals surface area (Å²) in [5, 5.41) is 4.03. The number of piperidine rings is 1. The summed E-state index contributed by atoms with van der Waals surface area (Å²) in [4.78, 5) is 12.5. The zero-order valence-electron chi connectivity index (χ0n) is 14.8. The smallest absolute Gasteiger partial charge is 0.267 e. The fourth-order valence-corrected chi connectivity index (χ4v) is 4.83. The van der Waals surface area contributed by atoms with Gasteiger partial charge in [0.1, 0.15) is 0 Å². The van der Waals surface area contributed by atoms with Crippen molar-refractivity contribution >= 4 is 22.1 Å². The molecule has 1 aliphatic heterocycles. The van der Waals surface area contributed by atoms with Crippen LogP contribution in [-0.4, -0.2) is 37.9 Å². The van der Waals surface area contributed by atoms with Crippen LogP contribution in [0.2, 0.25) is 0 Å². The van der Waals surface area contributed by atoms with Crippen molar-refractivity contribution in [3.05, 3.63) is 42.0 Å². The lowest BCUT2D eigenvalue weighted by atomic mass is 9.96. The Kier molecular flexibility index (Phi) is 6.21. The van der Waals surface area contributed by atoms with Gasteiger partial charge in [0.2, 0.25) is 10.0 Å². The van der Waals surface area contributed by atoms with Crippen molar-refractivity contribution in [2.45, 2.75) is 43.4 Å². The molecule has 0 saturated carbocycles. The summed E-state index contributed by atoms with van der Waals surface area (Å²) in [5.41, 5.74) is 2.80. The standard InChI is InChI=1S/C19H25N3O3S/c23-19(21-20-15-16-8-3-1-4-9-16)17-10-7-11-18(14-17)26(24,25)22-12-5-2-6-13-22/h1,3,7,10-11,14-16H,2,4-6,8-9,12-13H2,(H,21,23)/b20-15-/t16-/m0/s1. The normalized spacial score (nSPS) is 21.8. The molecule has 0 spiro atoms. The van der Waals surface area contributed by atoms with E-state index in [9.17, 15) is 13.2 Å². The van der Waals surface area contributed by atoms with Crippen LogP contribution < -0.4 is 5.43 Å². The summed E-state index contributed by atoms with van der Waals surface area (Å²) in [6.45, 7) is 1.08. The van der Waals surface area contributed by atoms with Crippen LogP contribution in [-0.2, 0) is 10.0 Å². The molecule has 1 amide bonds. The number of hydrazone groups is 1. The molecule has 0 bridgehead atoms. The van der Waals surface area contributed by atoms with Crippen LogP contribution in [0.25, 0.3) is 0 Å². The van der Waals surface area contributed by atoms with Crippen LogP contribution in [0.4, 0.5) is 0 Å². The largest absolute Gasteiger partial charge is 0.271 e. The second-order valence-corrected chi connectivity index (χ2v) is 8.69. The monoisotopic (exact) mass is 375 g/mol. The lowest BCUT2D eigenvalue weighted by Crippen LogP contribution is -2.35. The number of sulfonamides is 1. The van der Waals surface area contributed by atoms with Gasteiger partial charge in [-0.1, -0.05) is 24.6 Å². The van der Waals surface area contributed by atoms with Crippen molar-refractivity contribution in [3.63, 3.8) is 0 Å². The Morgan fingerprint density at radius 1 is 1.19 bits per heavy atom. The van der Waals surface area contributed by atoms with Gasteiger partial charge in [0, 0.05) is 24.9 Å². The Balaban J connectivity index is 1.67. The van der Waals surface area contributed by atoms with Gasteiger partial charge >= 0.3 is 0 Å². The highest BCUT2D eigenvalue weighted by molar-refractivity contribution is 7.89. The minimum Gasteiger partial charge on any atom is -0.267 e. The molecular weight excluding hydrogens is 350 g/mol. The first-order valence-corrected chi connectivity index (χ1v) is 10.6. The first kappa shape index (κ1) is 18.8. The third-order valence-electron chi connectivity index (χ3n) is 4.81. The van der Waals surface area contributed by atoms with Crippen molar-refractivity contribution in [2.24, 2.45) is 11.0 Å². The Bertz CT molecular complexity index is 796. The molecule has 1 heterocycles. The molecule has 1 N–H and O–H groups in total. The molecule has 0 radical (unpaired) electrons. The van der Waals surface area contributed by atoms with Crippen LogP contribution in [0.5, 0.6) is 0 Å². The average molecular weight is 375 g/mol. The predicted octanol–water partition coefficient (Wildman–Crippen LogP) is 2.93. The van der Waals surface area contributed by atoms with Gasteiger partial charge in [0.15, 0.2) is 0 Å². The number of allylic oxidation sites excluding steroid dienone is 2. The Morgan fingerprint density at radius 2 is 2.00 bits per heavy atom. The molecule has 26 heavy (non-hydrogen) atoms. The summed E-state index contributed by atoms with van der Waals surface area (Å²) in [6, 6.07) is 6.17. The van der Waals surface area contributed by atoms with Crippen molar-refractivity contribution in [3.8, 4) is 0 Å². The fourth-order valence-electron chi connectivity index (χ4n) is 3.27. The number of nitrogens with zero attached hydrogens (tertiary/aromatic N) is 2. The maximum absolute atomic E-state index is 12.7.